The fraction of sp³-hybridized carbons (Fsp3) is 0. The predicted molar refractivity (Wildman–Crippen MR) is 62.4 cm³/mol. The van der Waals surface area contributed by atoms with Crippen molar-refractivity contribution < 1.29 is 4.39 Å². The van der Waals surface area contributed by atoms with Gasteiger partial charge in [0.25, 0.3) is 5.56 Å². The Labute approximate surface area is 98.5 Å². The highest BCUT2D eigenvalue weighted by Crippen LogP contribution is 2.23. The molecule has 0 unspecified atom stereocenters. The van der Waals surface area contributed by atoms with E-state index in [4.69, 9.17) is 5.73 Å². The smallest absolute Gasteiger partial charge is 0.267 e. The Morgan fingerprint density at radius 2 is 1.94 bits per heavy atom. The summed E-state index contributed by atoms with van der Waals surface area (Å²) in [6, 6.07) is 5.64. The summed E-state index contributed by atoms with van der Waals surface area (Å²) in [6.45, 7) is 0. The second kappa shape index (κ2) is 4.05. The van der Waals surface area contributed by atoms with Crippen molar-refractivity contribution in [3.63, 3.8) is 0 Å². The predicted octanol–water partition coefficient (Wildman–Crippen LogP) is 1.92. The zero-order valence-electron chi connectivity index (χ0n) is 8.00. The number of nitrogens with zero attached hydrogens (tertiary/aromatic N) is 1. The lowest BCUT2D eigenvalue weighted by Gasteiger charge is -2.03. The lowest BCUT2D eigenvalue weighted by Crippen LogP contribution is -2.13. The molecular formula is C10H7BrFN3O. The Balaban J connectivity index is 2.64. The zero-order chi connectivity index (χ0) is 11.7. The van der Waals surface area contributed by atoms with E-state index in [0.717, 1.165) is 0 Å². The standard InChI is InChI=1S/C10H7BrFN3O/c11-7-8(14-10(13)15-9(7)16)5-1-3-6(12)4-2-5/h1-4H,(H3,13,14,15,16). The molecule has 0 aliphatic carbocycles. The monoisotopic (exact) mass is 283 g/mol. The molecule has 82 valence electrons. The number of aromatic nitrogens is 2. The molecule has 0 radical (unpaired) electrons. The third-order valence-corrected chi connectivity index (χ3v) is 2.73. The number of rotatable bonds is 1. The number of nitrogen functional groups attached to an aromatic ring is 1. The molecule has 0 fully saturated rings. The van der Waals surface area contributed by atoms with E-state index in [-0.39, 0.29) is 21.8 Å². The van der Waals surface area contributed by atoms with Gasteiger partial charge < -0.3 is 5.73 Å². The number of halogens is 2. The van der Waals surface area contributed by atoms with Crippen molar-refractivity contribution in [2.75, 3.05) is 5.73 Å². The molecule has 3 N–H and O–H groups in total. The minimum atomic E-state index is -0.369. The maximum atomic E-state index is 12.7. The molecule has 0 aliphatic rings. The van der Waals surface area contributed by atoms with Gasteiger partial charge in [-0.2, -0.15) is 0 Å². The molecule has 0 saturated heterocycles. The van der Waals surface area contributed by atoms with Gasteiger partial charge in [-0.1, -0.05) is 0 Å². The number of hydrogen-bond acceptors (Lipinski definition) is 3. The molecule has 0 aliphatic heterocycles. The lowest BCUT2D eigenvalue weighted by atomic mass is 10.1. The van der Waals surface area contributed by atoms with Crippen molar-refractivity contribution in [1.82, 2.24) is 9.97 Å². The van der Waals surface area contributed by atoms with Crippen LogP contribution in [0.3, 0.4) is 0 Å². The fourth-order valence-corrected chi connectivity index (χ4v) is 1.69. The summed E-state index contributed by atoms with van der Waals surface area (Å²) < 4.78 is 13.0. The lowest BCUT2D eigenvalue weighted by molar-refractivity contribution is 0.628. The van der Waals surface area contributed by atoms with Crippen LogP contribution in [0.1, 0.15) is 0 Å². The number of benzene rings is 1. The molecule has 0 bridgehead atoms. The second-order valence-corrected chi connectivity index (χ2v) is 3.91. The first-order valence-electron chi connectivity index (χ1n) is 4.39. The zero-order valence-corrected chi connectivity index (χ0v) is 9.58. The highest BCUT2D eigenvalue weighted by molar-refractivity contribution is 9.10. The average molecular weight is 284 g/mol. The average Bonchev–Trinajstić information content (AvgIpc) is 2.25. The van der Waals surface area contributed by atoms with E-state index in [2.05, 4.69) is 25.9 Å². The van der Waals surface area contributed by atoms with Crippen molar-refractivity contribution in [1.29, 1.82) is 0 Å². The largest absolute Gasteiger partial charge is 0.369 e. The number of hydrogen-bond donors (Lipinski definition) is 2. The van der Waals surface area contributed by atoms with Gasteiger partial charge in [0.1, 0.15) is 10.3 Å². The quantitative estimate of drug-likeness (QED) is 0.840. The van der Waals surface area contributed by atoms with Gasteiger partial charge in [0.05, 0.1) is 5.69 Å². The van der Waals surface area contributed by atoms with E-state index < -0.39 is 0 Å². The third kappa shape index (κ3) is 1.96. The maximum Gasteiger partial charge on any atom is 0.267 e. The van der Waals surface area contributed by atoms with Crippen LogP contribution in [0.2, 0.25) is 0 Å². The normalized spacial score (nSPS) is 10.4. The Morgan fingerprint density at radius 1 is 1.31 bits per heavy atom. The summed E-state index contributed by atoms with van der Waals surface area (Å²) >= 11 is 3.11. The van der Waals surface area contributed by atoms with Crippen LogP contribution in [0.25, 0.3) is 11.3 Å². The van der Waals surface area contributed by atoms with Gasteiger partial charge in [0.15, 0.2) is 0 Å². The summed E-state index contributed by atoms with van der Waals surface area (Å²) in [6.07, 6.45) is 0. The van der Waals surface area contributed by atoms with Gasteiger partial charge in [0.2, 0.25) is 5.95 Å². The molecule has 2 aromatic rings. The molecule has 0 spiro atoms. The number of nitrogens with one attached hydrogen (secondary N) is 1. The van der Waals surface area contributed by atoms with E-state index >= 15 is 0 Å². The molecule has 1 heterocycles. The number of H-pyrrole nitrogens is 1. The second-order valence-electron chi connectivity index (χ2n) is 3.12. The molecular weight excluding hydrogens is 277 g/mol. The fourth-order valence-electron chi connectivity index (χ4n) is 1.28. The van der Waals surface area contributed by atoms with Crippen LogP contribution in [-0.2, 0) is 0 Å². The molecule has 6 heteroatoms. The molecule has 16 heavy (non-hydrogen) atoms. The van der Waals surface area contributed by atoms with Crippen LogP contribution >= 0.6 is 15.9 Å². The van der Waals surface area contributed by atoms with Crippen LogP contribution in [0.15, 0.2) is 33.5 Å². The SMILES string of the molecule is Nc1nc(-c2ccc(F)cc2)c(Br)c(=O)[nH]1. The van der Waals surface area contributed by atoms with Crippen molar-refractivity contribution in [2.24, 2.45) is 0 Å². The maximum absolute atomic E-state index is 12.7. The number of anilines is 1. The summed E-state index contributed by atoms with van der Waals surface area (Å²) in [7, 11) is 0. The molecule has 4 nitrogen and oxygen atoms in total. The van der Waals surface area contributed by atoms with Crippen LogP contribution in [0.4, 0.5) is 10.3 Å². The van der Waals surface area contributed by atoms with E-state index in [1.54, 1.807) is 0 Å². The summed E-state index contributed by atoms with van der Waals surface area (Å²) in [5.41, 5.74) is 6.07. The van der Waals surface area contributed by atoms with Gasteiger partial charge in [0, 0.05) is 5.56 Å². The van der Waals surface area contributed by atoms with Crippen molar-refractivity contribution >= 4 is 21.9 Å². The van der Waals surface area contributed by atoms with Gasteiger partial charge in [-0.25, -0.2) is 9.37 Å². The molecule has 2 rings (SSSR count). The molecule has 0 saturated carbocycles. The van der Waals surface area contributed by atoms with Crippen LogP contribution < -0.4 is 11.3 Å². The minimum absolute atomic E-state index is 0.0209. The highest BCUT2D eigenvalue weighted by Gasteiger charge is 2.09. The van der Waals surface area contributed by atoms with Crippen LogP contribution in [0, 0.1) is 5.82 Å². The third-order valence-electron chi connectivity index (χ3n) is 2.00. The van der Waals surface area contributed by atoms with Gasteiger partial charge >= 0.3 is 0 Å². The number of aromatic amines is 1. The minimum Gasteiger partial charge on any atom is -0.369 e. The number of nitrogens with two attached hydrogens (primary N) is 1. The molecule has 1 aromatic heterocycles. The Hall–Kier alpha value is -1.69. The van der Waals surface area contributed by atoms with E-state index in [0.29, 0.717) is 11.3 Å². The molecule has 0 atom stereocenters. The highest BCUT2D eigenvalue weighted by atomic mass is 79.9. The summed E-state index contributed by atoms with van der Waals surface area (Å²) in [4.78, 5) is 17.7. The first kappa shape index (κ1) is 10.8. The summed E-state index contributed by atoms with van der Waals surface area (Å²) in [5.74, 6) is -0.329. The Morgan fingerprint density at radius 3 is 2.56 bits per heavy atom. The molecule has 0 amide bonds. The van der Waals surface area contributed by atoms with Crippen molar-refractivity contribution in [3.05, 3.63) is 44.9 Å². The Bertz CT molecular complexity index is 580. The van der Waals surface area contributed by atoms with Crippen LogP contribution in [0.5, 0.6) is 0 Å². The van der Waals surface area contributed by atoms with Crippen LogP contribution in [-0.4, -0.2) is 9.97 Å². The van der Waals surface area contributed by atoms with E-state index in [9.17, 15) is 9.18 Å². The van der Waals surface area contributed by atoms with Gasteiger partial charge in [-0.3, -0.25) is 9.78 Å². The molecule has 1 aromatic carbocycles. The Kier molecular flexibility index (Phi) is 2.74. The van der Waals surface area contributed by atoms with Gasteiger partial charge in [-0.15, -0.1) is 0 Å². The van der Waals surface area contributed by atoms with E-state index in [1.165, 1.54) is 24.3 Å². The first-order valence-corrected chi connectivity index (χ1v) is 5.18. The van der Waals surface area contributed by atoms with E-state index in [1.807, 2.05) is 0 Å². The summed E-state index contributed by atoms with van der Waals surface area (Å²) in [5, 5.41) is 0. The topological polar surface area (TPSA) is 71.8 Å². The van der Waals surface area contributed by atoms with Crippen molar-refractivity contribution in [2.45, 2.75) is 0 Å². The van der Waals surface area contributed by atoms with Gasteiger partial charge in [-0.05, 0) is 40.2 Å². The first-order chi connectivity index (χ1) is 7.58. The van der Waals surface area contributed by atoms with Crippen molar-refractivity contribution in [3.8, 4) is 11.3 Å².